The van der Waals surface area contributed by atoms with E-state index in [4.69, 9.17) is 28.4 Å². The Hall–Kier alpha value is -1.91. The van der Waals surface area contributed by atoms with Crippen molar-refractivity contribution in [2.45, 2.75) is 88.9 Å². The predicted molar refractivity (Wildman–Crippen MR) is 121 cm³/mol. The highest BCUT2D eigenvalue weighted by Crippen LogP contribution is 2.71. The molecule has 1 unspecified atom stereocenters. The Morgan fingerprint density at radius 1 is 1.11 bits per heavy atom. The first-order chi connectivity index (χ1) is 16.4. The smallest absolute Gasteiger partial charge is 0.342 e. The molecule has 9 nitrogen and oxygen atoms in total. The fourth-order valence-corrected chi connectivity index (χ4v) is 8.22. The number of hydrogen-bond donors (Lipinski definition) is 2. The van der Waals surface area contributed by atoms with Gasteiger partial charge in [-0.15, -0.1) is 0 Å². The SMILES string of the molecule is COc1c2c(c(C)c3c1C(=O)OC3)O[C@@]1(C)C[C@H](O)[C@]34O[C@](OC)(CC[C@]3(C)C1C2)O[C@@]4(C)CO. The molecule has 5 aliphatic rings. The molecule has 1 aliphatic carbocycles. The van der Waals surface area contributed by atoms with Gasteiger partial charge in [-0.1, -0.05) is 6.92 Å². The van der Waals surface area contributed by atoms with Crippen LogP contribution in [0.1, 0.15) is 67.1 Å². The summed E-state index contributed by atoms with van der Waals surface area (Å²) in [5.41, 5.74) is -0.872. The normalized spacial score (nSPS) is 45.1. The molecule has 2 bridgehead atoms. The van der Waals surface area contributed by atoms with E-state index in [1.54, 1.807) is 14.0 Å². The molecule has 6 rings (SSSR count). The summed E-state index contributed by atoms with van der Waals surface area (Å²) in [7, 11) is 3.08. The van der Waals surface area contributed by atoms with Gasteiger partial charge in [0.25, 0.3) is 5.97 Å². The average molecular weight is 491 g/mol. The second kappa shape index (κ2) is 6.89. The lowest BCUT2D eigenvalue weighted by Crippen LogP contribution is -2.78. The quantitative estimate of drug-likeness (QED) is 0.617. The second-order valence-electron chi connectivity index (χ2n) is 11.4. The van der Waals surface area contributed by atoms with Crippen molar-refractivity contribution in [3.63, 3.8) is 0 Å². The molecule has 1 aromatic carbocycles. The van der Waals surface area contributed by atoms with Gasteiger partial charge >= 0.3 is 5.97 Å². The van der Waals surface area contributed by atoms with Crippen molar-refractivity contribution in [3.8, 4) is 11.5 Å². The zero-order valence-corrected chi connectivity index (χ0v) is 21.1. The first-order valence-electron chi connectivity index (χ1n) is 12.3. The van der Waals surface area contributed by atoms with Crippen LogP contribution in [0, 0.1) is 18.3 Å². The molecule has 1 aromatic rings. The fraction of sp³-hybridized carbons (Fsp3) is 0.731. The number of aliphatic hydroxyl groups excluding tert-OH is 2. The maximum atomic E-state index is 12.6. The summed E-state index contributed by atoms with van der Waals surface area (Å²) in [5, 5.41) is 22.3. The van der Waals surface area contributed by atoms with E-state index in [0.717, 1.165) is 16.7 Å². The highest BCUT2D eigenvalue weighted by molar-refractivity contribution is 5.98. The van der Waals surface area contributed by atoms with Gasteiger partial charge in [0.1, 0.15) is 40.5 Å². The van der Waals surface area contributed by atoms with Crippen molar-refractivity contribution in [2.75, 3.05) is 20.8 Å². The molecule has 2 saturated heterocycles. The van der Waals surface area contributed by atoms with Crippen LogP contribution in [-0.2, 0) is 32.0 Å². The standard InChI is InChI=1S/C26H34O9/c1-13-15-11-32-21(29)18(15)20(30-5)14-9-16-22(2)7-8-25(31-6)34-24(4,12-27)26(22,35-25)17(28)10-23(16,3)33-19(13)14/h16-17,27-28H,7-12H2,1-6H3/t16?,17-,22+,23-,24-,25-,26-/m0/s1. The van der Waals surface area contributed by atoms with Gasteiger partial charge in [0.2, 0.25) is 0 Å². The molecule has 0 radical (unpaired) electrons. The minimum absolute atomic E-state index is 0.142. The number of ether oxygens (including phenoxy) is 6. The average Bonchev–Trinajstić information content (AvgIpc) is 3.32. The molecule has 192 valence electrons. The van der Waals surface area contributed by atoms with E-state index in [2.05, 4.69) is 6.92 Å². The van der Waals surface area contributed by atoms with E-state index in [1.807, 2.05) is 13.8 Å². The van der Waals surface area contributed by atoms with E-state index in [0.29, 0.717) is 36.3 Å². The summed E-state index contributed by atoms with van der Waals surface area (Å²) in [6.07, 6.45) is 0.911. The topological polar surface area (TPSA) is 113 Å². The molecule has 1 saturated carbocycles. The summed E-state index contributed by atoms with van der Waals surface area (Å²) in [6.45, 7) is 7.70. The minimum Gasteiger partial charge on any atom is -0.495 e. The van der Waals surface area contributed by atoms with E-state index in [9.17, 15) is 15.0 Å². The number of cyclic esters (lactones) is 1. The molecule has 0 aromatic heterocycles. The lowest BCUT2D eigenvalue weighted by atomic mass is 9.45. The van der Waals surface area contributed by atoms with Gasteiger partial charge in [0.15, 0.2) is 0 Å². The molecule has 1 spiro atoms. The highest BCUT2D eigenvalue weighted by Gasteiger charge is 2.81. The lowest BCUT2D eigenvalue weighted by Gasteiger charge is -2.66. The molecular formula is C26H34O9. The monoisotopic (exact) mass is 490 g/mol. The van der Waals surface area contributed by atoms with Crippen LogP contribution in [0.25, 0.3) is 0 Å². The van der Waals surface area contributed by atoms with E-state index in [1.165, 1.54) is 7.11 Å². The third-order valence-corrected chi connectivity index (χ3v) is 9.84. The molecule has 9 heteroatoms. The Balaban J connectivity index is 1.56. The molecular weight excluding hydrogens is 456 g/mol. The number of fused-ring (bicyclic) bond motifs is 5. The van der Waals surface area contributed by atoms with Crippen molar-refractivity contribution in [1.82, 2.24) is 0 Å². The van der Waals surface area contributed by atoms with Gasteiger partial charge in [0.05, 0.1) is 19.8 Å². The van der Waals surface area contributed by atoms with Gasteiger partial charge in [-0.3, -0.25) is 0 Å². The first kappa shape index (κ1) is 23.5. The molecule has 4 aliphatic heterocycles. The molecule has 4 heterocycles. The van der Waals surface area contributed by atoms with Crippen molar-refractivity contribution >= 4 is 5.97 Å². The van der Waals surface area contributed by atoms with Gasteiger partial charge in [-0.2, -0.15) is 0 Å². The zero-order chi connectivity index (χ0) is 25.2. The number of carbonyl (C=O) groups is 1. The number of aliphatic hydroxyl groups is 2. The minimum atomic E-state index is -1.32. The number of benzene rings is 1. The van der Waals surface area contributed by atoms with Crippen LogP contribution in [0.3, 0.4) is 0 Å². The van der Waals surface area contributed by atoms with Gasteiger partial charge in [-0.25, -0.2) is 4.79 Å². The second-order valence-corrected chi connectivity index (χ2v) is 11.4. The predicted octanol–water partition coefficient (Wildman–Crippen LogP) is 2.39. The van der Waals surface area contributed by atoms with Crippen molar-refractivity contribution in [1.29, 1.82) is 0 Å². The molecule has 0 amide bonds. The number of hydrogen-bond acceptors (Lipinski definition) is 9. The van der Waals surface area contributed by atoms with Crippen molar-refractivity contribution in [2.24, 2.45) is 11.3 Å². The van der Waals surface area contributed by atoms with Crippen molar-refractivity contribution in [3.05, 3.63) is 22.3 Å². The van der Waals surface area contributed by atoms with E-state index >= 15 is 0 Å². The largest absolute Gasteiger partial charge is 0.495 e. The Morgan fingerprint density at radius 2 is 1.86 bits per heavy atom. The maximum absolute atomic E-state index is 12.6. The summed E-state index contributed by atoms with van der Waals surface area (Å²) in [5.74, 6) is -0.667. The third kappa shape index (κ3) is 2.49. The Bertz CT molecular complexity index is 1130. The van der Waals surface area contributed by atoms with Crippen LogP contribution < -0.4 is 9.47 Å². The van der Waals surface area contributed by atoms with Crippen molar-refractivity contribution < 1.29 is 43.4 Å². The Labute approximate surface area is 204 Å². The van der Waals surface area contributed by atoms with Crippen LogP contribution in [0.2, 0.25) is 0 Å². The highest BCUT2D eigenvalue weighted by atomic mass is 16.9. The number of esters is 1. The summed E-state index contributed by atoms with van der Waals surface area (Å²) >= 11 is 0. The third-order valence-electron chi connectivity index (χ3n) is 9.84. The Kier molecular flexibility index (Phi) is 4.62. The summed E-state index contributed by atoms with van der Waals surface area (Å²) in [4.78, 5) is 12.6. The van der Waals surface area contributed by atoms with Crippen LogP contribution in [0.5, 0.6) is 11.5 Å². The fourth-order valence-electron chi connectivity index (χ4n) is 8.22. The van der Waals surface area contributed by atoms with Gasteiger partial charge < -0.3 is 38.6 Å². The molecule has 3 fully saturated rings. The van der Waals surface area contributed by atoms with Gasteiger partial charge in [-0.05, 0) is 39.2 Å². The van der Waals surface area contributed by atoms with Crippen LogP contribution >= 0.6 is 0 Å². The zero-order valence-electron chi connectivity index (χ0n) is 21.1. The van der Waals surface area contributed by atoms with Gasteiger partial charge in [0, 0.05) is 42.4 Å². The molecule has 35 heavy (non-hydrogen) atoms. The number of carbonyl (C=O) groups excluding carboxylic acids is 1. The molecule has 2 N–H and O–H groups in total. The number of rotatable bonds is 3. The first-order valence-corrected chi connectivity index (χ1v) is 12.3. The van der Waals surface area contributed by atoms with E-state index < -0.39 is 34.3 Å². The van der Waals surface area contributed by atoms with E-state index in [-0.39, 0.29) is 31.5 Å². The Morgan fingerprint density at radius 3 is 2.51 bits per heavy atom. The summed E-state index contributed by atoms with van der Waals surface area (Å²) in [6, 6.07) is 0. The summed E-state index contributed by atoms with van der Waals surface area (Å²) < 4.78 is 36.5. The lowest BCUT2D eigenvalue weighted by molar-refractivity contribution is -0.392. The molecule has 7 atom stereocenters. The maximum Gasteiger partial charge on any atom is 0.342 e. The van der Waals surface area contributed by atoms with Crippen LogP contribution in [0.15, 0.2) is 0 Å². The van der Waals surface area contributed by atoms with Crippen LogP contribution in [0.4, 0.5) is 0 Å². The number of methoxy groups -OCH3 is 2. The van der Waals surface area contributed by atoms with Crippen LogP contribution in [-0.4, -0.2) is 65.9 Å².